The average Bonchev–Trinajstić information content (AvgIpc) is 2.75. The number of nitrogens with one attached hydrogen (secondary N) is 1. The Morgan fingerprint density at radius 1 is 1.53 bits per heavy atom. The van der Waals surface area contributed by atoms with Gasteiger partial charge in [0.2, 0.25) is 0 Å². The zero-order valence-corrected chi connectivity index (χ0v) is 9.81. The van der Waals surface area contributed by atoms with Gasteiger partial charge in [0.25, 0.3) is 0 Å². The van der Waals surface area contributed by atoms with Crippen molar-refractivity contribution in [1.29, 1.82) is 0 Å². The van der Waals surface area contributed by atoms with Gasteiger partial charge in [-0.05, 0) is 6.92 Å². The van der Waals surface area contributed by atoms with Gasteiger partial charge in [-0.2, -0.15) is 0 Å². The fourth-order valence-electron chi connectivity index (χ4n) is 1.69. The van der Waals surface area contributed by atoms with E-state index in [-0.39, 0.29) is 26.2 Å². The predicted molar refractivity (Wildman–Crippen MR) is 58.7 cm³/mol. The Balaban J connectivity index is 2.67. The molecule has 0 aliphatic carbocycles. The number of carbonyl (C=O) groups excluding carboxylic acids is 1. The second-order valence-electron chi connectivity index (χ2n) is 3.92. The lowest BCUT2D eigenvalue weighted by Gasteiger charge is -2.28. The number of hydrogen-bond donors (Lipinski definition) is 3. The number of aliphatic hydroxyl groups is 1. The quantitative estimate of drug-likeness (QED) is 0.593. The van der Waals surface area contributed by atoms with Crippen molar-refractivity contribution in [3.8, 4) is 0 Å². The van der Waals surface area contributed by atoms with Crippen molar-refractivity contribution in [1.82, 2.24) is 10.2 Å². The van der Waals surface area contributed by atoms with Crippen molar-refractivity contribution < 1.29 is 24.5 Å². The topological polar surface area (TPSA) is 99.1 Å². The second-order valence-corrected chi connectivity index (χ2v) is 3.92. The molecule has 1 fully saturated rings. The minimum absolute atomic E-state index is 0.0231. The summed E-state index contributed by atoms with van der Waals surface area (Å²) in [4.78, 5) is 24.3. The molecule has 0 saturated carbocycles. The molecular weight excluding hydrogens is 228 g/mol. The van der Waals surface area contributed by atoms with E-state index in [4.69, 9.17) is 14.9 Å². The monoisotopic (exact) mass is 246 g/mol. The number of aliphatic carboxylic acids is 1. The molecule has 98 valence electrons. The van der Waals surface area contributed by atoms with E-state index >= 15 is 0 Å². The van der Waals surface area contributed by atoms with Crippen LogP contribution in [0.4, 0.5) is 4.79 Å². The summed E-state index contributed by atoms with van der Waals surface area (Å²) in [6.45, 7) is 2.48. The van der Waals surface area contributed by atoms with Gasteiger partial charge in [0, 0.05) is 26.1 Å². The van der Waals surface area contributed by atoms with E-state index in [1.807, 2.05) is 0 Å². The van der Waals surface area contributed by atoms with Crippen LogP contribution < -0.4 is 5.32 Å². The summed E-state index contributed by atoms with van der Waals surface area (Å²) in [7, 11) is 0. The third-order valence-corrected chi connectivity index (χ3v) is 2.82. The summed E-state index contributed by atoms with van der Waals surface area (Å²) >= 11 is 0. The lowest BCUT2D eigenvalue weighted by molar-refractivity contribution is -0.144. The zero-order chi connectivity index (χ0) is 12.9. The molecule has 1 unspecified atom stereocenters. The SMILES string of the molecule is CCN(CCO)C(=O)NC1(C(=O)O)CCOC1. The highest BCUT2D eigenvalue weighted by Crippen LogP contribution is 2.19. The minimum Gasteiger partial charge on any atom is -0.479 e. The van der Waals surface area contributed by atoms with Gasteiger partial charge in [0.05, 0.1) is 13.2 Å². The van der Waals surface area contributed by atoms with Crippen molar-refractivity contribution in [2.75, 3.05) is 32.9 Å². The Hall–Kier alpha value is -1.34. The maximum atomic E-state index is 11.8. The second kappa shape index (κ2) is 5.83. The molecule has 1 saturated heterocycles. The van der Waals surface area contributed by atoms with Gasteiger partial charge in [0.15, 0.2) is 5.54 Å². The highest BCUT2D eigenvalue weighted by molar-refractivity contribution is 5.86. The maximum Gasteiger partial charge on any atom is 0.332 e. The van der Waals surface area contributed by atoms with Crippen LogP contribution in [0.1, 0.15) is 13.3 Å². The number of carbonyl (C=O) groups is 2. The van der Waals surface area contributed by atoms with Crippen LogP contribution in [0.2, 0.25) is 0 Å². The number of rotatable bonds is 5. The summed E-state index contributed by atoms with van der Waals surface area (Å²) in [5, 5.41) is 20.4. The molecule has 1 aliphatic rings. The zero-order valence-electron chi connectivity index (χ0n) is 9.81. The van der Waals surface area contributed by atoms with Crippen molar-refractivity contribution >= 4 is 12.0 Å². The predicted octanol–water partition coefficient (Wildman–Crippen LogP) is -0.746. The Bertz CT molecular complexity index is 288. The average molecular weight is 246 g/mol. The number of amides is 2. The molecular formula is C10H18N2O5. The van der Waals surface area contributed by atoms with Crippen LogP contribution in [0.3, 0.4) is 0 Å². The minimum atomic E-state index is -1.33. The Labute approximate surface area is 99.4 Å². The van der Waals surface area contributed by atoms with Gasteiger partial charge in [-0.1, -0.05) is 0 Å². The van der Waals surface area contributed by atoms with E-state index in [2.05, 4.69) is 5.32 Å². The Kier molecular flexibility index (Phi) is 4.71. The molecule has 0 radical (unpaired) electrons. The molecule has 0 spiro atoms. The van der Waals surface area contributed by atoms with Crippen LogP contribution >= 0.6 is 0 Å². The summed E-state index contributed by atoms with van der Waals surface area (Å²) < 4.78 is 5.03. The number of carboxylic acid groups (broad SMARTS) is 1. The van der Waals surface area contributed by atoms with E-state index < -0.39 is 17.5 Å². The van der Waals surface area contributed by atoms with Crippen molar-refractivity contribution in [3.05, 3.63) is 0 Å². The van der Waals surface area contributed by atoms with E-state index in [1.165, 1.54) is 4.90 Å². The van der Waals surface area contributed by atoms with Gasteiger partial charge in [0.1, 0.15) is 0 Å². The van der Waals surface area contributed by atoms with Crippen molar-refractivity contribution in [2.24, 2.45) is 0 Å². The number of likely N-dealkylation sites (N-methyl/N-ethyl adjacent to an activating group) is 1. The standard InChI is InChI=1S/C10H18N2O5/c1-2-12(4-5-13)9(16)11-10(8(14)15)3-6-17-7-10/h13H,2-7H2,1H3,(H,11,16)(H,14,15). The first-order valence-electron chi connectivity index (χ1n) is 5.55. The molecule has 0 aromatic rings. The summed E-state index contributed by atoms with van der Waals surface area (Å²) in [5.74, 6) is -1.09. The fourth-order valence-corrected chi connectivity index (χ4v) is 1.69. The number of nitrogens with zero attached hydrogens (tertiary/aromatic N) is 1. The summed E-state index contributed by atoms with van der Waals surface area (Å²) in [6, 6.07) is -0.491. The normalized spacial score (nSPS) is 23.4. The molecule has 1 heterocycles. The molecule has 7 heteroatoms. The van der Waals surface area contributed by atoms with Gasteiger partial charge in [-0.3, -0.25) is 0 Å². The first-order valence-corrected chi connectivity index (χ1v) is 5.55. The van der Waals surface area contributed by atoms with Gasteiger partial charge in [-0.25, -0.2) is 9.59 Å². The number of ether oxygens (including phenoxy) is 1. The smallest absolute Gasteiger partial charge is 0.332 e. The Morgan fingerprint density at radius 3 is 2.65 bits per heavy atom. The summed E-state index contributed by atoms with van der Waals surface area (Å²) in [5.41, 5.74) is -1.33. The van der Waals surface area contributed by atoms with Gasteiger partial charge in [-0.15, -0.1) is 0 Å². The fraction of sp³-hybridized carbons (Fsp3) is 0.800. The van der Waals surface area contributed by atoms with E-state index in [1.54, 1.807) is 6.92 Å². The van der Waals surface area contributed by atoms with Crippen LogP contribution in [-0.2, 0) is 9.53 Å². The highest BCUT2D eigenvalue weighted by atomic mass is 16.5. The molecule has 0 aromatic heterocycles. The molecule has 0 aromatic carbocycles. The van der Waals surface area contributed by atoms with E-state index in [0.29, 0.717) is 13.2 Å². The third kappa shape index (κ3) is 3.07. The molecule has 2 amide bonds. The molecule has 1 rings (SSSR count). The van der Waals surface area contributed by atoms with Crippen LogP contribution in [0.15, 0.2) is 0 Å². The first kappa shape index (κ1) is 13.7. The highest BCUT2D eigenvalue weighted by Gasteiger charge is 2.44. The van der Waals surface area contributed by atoms with E-state index in [9.17, 15) is 9.59 Å². The van der Waals surface area contributed by atoms with Gasteiger partial charge < -0.3 is 25.2 Å². The largest absolute Gasteiger partial charge is 0.479 e. The number of hydrogen-bond acceptors (Lipinski definition) is 4. The van der Waals surface area contributed by atoms with Crippen LogP contribution in [0, 0.1) is 0 Å². The van der Waals surface area contributed by atoms with Gasteiger partial charge >= 0.3 is 12.0 Å². The number of urea groups is 1. The molecule has 17 heavy (non-hydrogen) atoms. The van der Waals surface area contributed by atoms with Crippen LogP contribution in [-0.4, -0.2) is 65.6 Å². The Morgan fingerprint density at radius 2 is 2.24 bits per heavy atom. The number of aliphatic hydroxyl groups excluding tert-OH is 1. The molecule has 1 aliphatic heterocycles. The third-order valence-electron chi connectivity index (χ3n) is 2.82. The van der Waals surface area contributed by atoms with Crippen LogP contribution in [0.25, 0.3) is 0 Å². The summed E-state index contributed by atoms with van der Waals surface area (Å²) in [6.07, 6.45) is 0.255. The van der Waals surface area contributed by atoms with Crippen molar-refractivity contribution in [2.45, 2.75) is 18.9 Å². The molecule has 7 nitrogen and oxygen atoms in total. The first-order chi connectivity index (χ1) is 8.05. The number of carboxylic acids is 1. The molecule has 3 N–H and O–H groups in total. The molecule has 1 atom stereocenters. The lowest BCUT2D eigenvalue weighted by Crippen LogP contribution is -2.58. The maximum absolute atomic E-state index is 11.8. The van der Waals surface area contributed by atoms with Crippen LogP contribution in [0.5, 0.6) is 0 Å². The van der Waals surface area contributed by atoms with E-state index in [0.717, 1.165) is 0 Å². The molecule has 0 bridgehead atoms. The van der Waals surface area contributed by atoms with Crippen molar-refractivity contribution in [3.63, 3.8) is 0 Å². The lowest BCUT2D eigenvalue weighted by atomic mass is 9.99.